The van der Waals surface area contributed by atoms with Crippen molar-refractivity contribution in [3.63, 3.8) is 0 Å². The van der Waals surface area contributed by atoms with Gasteiger partial charge in [-0.15, -0.1) is 0 Å². The molecule has 0 aromatic heterocycles. The molecule has 0 aliphatic heterocycles. The molecule has 0 spiro atoms. The topological polar surface area (TPSA) is 35.8 Å². The van der Waals surface area contributed by atoms with Gasteiger partial charge in [0, 0.05) is 6.54 Å². The highest BCUT2D eigenvalue weighted by molar-refractivity contribution is 5.58. The average Bonchev–Trinajstić information content (AvgIpc) is 2.29. The van der Waals surface area contributed by atoms with Crippen LogP contribution in [0.1, 0.15) is 43.7 Å². The highest BCUT2D eigenvalue weighted by Gasteiger charge is 2.00. The first-order chi connectivity index (χ1) is 7.77. The number of aryl methyl sites for hydroxylation is 1. The molecule has 0 amide bonds. The molecule has 0 bridgehead atoms. The Kier molecular flexibility index (Phi) is 5.42. The molecule has 0 saturated carbocycles. The molecule has 16 heavy (non-hydrogen) atoms. The maximum absolute atomic E-state index is 8.96. The summed E-state index contributed by atoms with van der Waals surface area (Å²) in [4.78, 5) is 0. The number of hydrogen-bond acceptors (Lipinski definition) is 2. The highest BCUT2D eigenvalue weighted by atomic mass is 14.9. The van der Waals surface area contributed by atoms with E-state index in [2.05, 4.69) is 18.3 Å². The van der Waals surface area contributed by atoms with Crippen LogP contribution in [0.15, 0.2) is 18.2 Å². The van der Waals surface area contributed by atoms with Gasteiger partial charge in [0.05, 0.1) is 11.3 Å². The predicted molar refractivity (Wildman–Crippen MR) is 68.5 cm³/mol. The van der Waals surface area contributed by atoms with Crippen molar-refractivity contribution in [1.29, 1.82) is 5.26 Å². The standard InChI is InChI=1S/C14H20N2/c1-3-4-5-6-9-16-14-10-12(2)7-8-13(14)11-15/h7-8,10,16H,3-6,9H2,1-2H3. The first-order valence-corrected chi connectivity index (χ1v) is 6.02. The summed E-state index contributed by atoms with van der Waals surface area (Å²) < 4.78 is 0. The van der Waals surface area contributed by atoms with Crippen molar-refractivity contribution >= 4 is 5.69 Å². The second-order valence-electron chi connectivity index (χ2n) is 4.15. The van der Waals surface area contributed by atoms with Crippen LogP contribution < -0.4 is 5.32 Å². The summed E-state index contributed by atoms with van der Waals surface area (Å²) in [6.07, 6.45) is 4.98. The van der Waals surface area contributed by atoms with Crippen LogP contribution in [0.5, 0.6) is 0 Å². The summed E-state index contributed by atoms with van der Waals surface area (Å²) in [5, 5.41) is 12.3. The van der Waals surface area contributed by atoms with Gasteiger partial charge in [-0.3, -0.25) is 0 Å². The van der Waals surface area contributed by atoms with E-state index in [0.29, 0.717) is 0 Å². The first-order valence-electron chi connectivity index (χ1n) is 6.02. The van der Waals surface area contributed by atoms with Gasteiger partial charge in [-0.25, -0.2) is 0 Å². The van der Waals surface area contributed by atoms with Gasteiger partial charge in [-0.05, 0) is 31.0 Å². The summed E-state index contributed by atoms with van der Waals surface area (Å²) in [6, 6.07) is 8.10. The number of nitriles is 1. The smallest absolute Gasteiger partial charge is 0.101 e. The molecular weight excluding hydrogens is 196 g/mol. The normalized spacial score (nSPS) is 9.81. The molecule has 0 atom stereocenters. The molecule has 0 unspecified atom stereocenters. The molecule has 1 aromatic carbocycles. The zero-order chi connectivity index (χ0) is 11.8. The zero-order valence-corrected chi connectivity index (χ0v) is 10.2. The third-order valence-corrected chi connectivity index (χ3v) is 2.64. The molecule has 2 heteroatoms. The number of rotatable bonds is 6. The minimum absolute atomic E-state index is 0.737. The quantitative estimate of drug-likeness (QED) is 0.733. The number of unbranched alkanes of at least 4 members (excludes halogenated alkanes) is 3. The van der Waals surface area contributed by atoms with E-state index >= 15 is 0 Å². The molecule has 0 radical (unpaired) electrons. The molecule has 0 heterocycles. The third-order valence-electron chi connectivity index (χ3n) is 2.64. The minimum atomic E-state index is 0.737. The maximum Gasteiger partial charge on any atom is 0.101 e. The Balaban J connectivity index is 2.46. The number of nitrogens with one attached hydrogen (secondary N) is 1. The lowest BCUT2D eigenvalue weighted by molar-refractivity contribution is 0.685. The highest BCUT2D eigenvalue weighted by Crippen LogP contribution is 2.16. The summed E-state index contributed by atoms with van der Waals surface area (Å²) in [6.45, 7) is 5.21. The molecule has 1 N–H and O–H groups in total. The van der Waals surface area contributed by atoms with E-state index < -0.39 is 0 Å². The van der Waals surface area contributed by atoms with Crippen LogP contribution in [0.3, 0.4) is 0 Å². The van der Waals surface area contributed by atoms with Crippen molar-refractivity contribution in [2.24, 2.45) is 0 Å². The fourth-order valence-corrected chi connectivity index (χ4v) is 1.68. The molecule has 0 aliphatic carbocycles. The largest absolute Gasteiger partial charge is 0.384 e. The van der Waals surface area contributed by atoms with Gasteiger partial charge in [0.1, 0.15) is 6.07 Å². The molecule has 1 aromatic rings. The van der Waals surface area contributed by atoms with Gasteiger partial charge in [0.15, 0.2) is 0 Å². The maximum atomic E-state index is 8.96. The zero-order valence-electron chi connectivity index (χ0n) is 10.2. The van der Waals surface area contributed by atoms with Crippen LogP contribution >= 0.6 is 0 Å². The van der Waals surface area contributed by atoms with Crippen molar-refractivity contribution in [2.45, 2.75) is 39.5 Å². The Morgan fingerprint density at radius 2 is 2.06 bits per heavy atom. The van der Waals surface area contributed by atoms with Crippen molar-refractivity contribution < 1.29 is 0 Å². The average molecular weight is 216 g/mol. The molecule has 0 saturated heterocycles. The Labute approximate surface area is 98.3 Å². The van der Waals surface area contributed by atoms with E-state index in [-0.39, 0.29) is 0 Å². The lowest BCUT2D eigenvalue weighted by atomic mass is 10.1. The monoisotopic (exact) mass is 216 g/mol. The molecule has 86 valence electrons. The Morgan fingerprint density at radius 1 is 1.25 bits per heavy atom. The molecule has 0 fully saturated rings. The van der Waals surface area contributed by atoms with E-state index in [1.807, 2.05) is 25.1 Å². The Bertz CT molecular complexity index is 363. The van der Waals surface area contributed by atoms with Crippen LogP contribution in [0, 0.1) is 18.3 Å². The van der Waals surface area contributed by atoms with E-state index in [0.717, 1.165) is 17.8 Å². The van der Waals surface area contributed by atoms with Gasteiger partial charge in [-0.1, -0.05) is 32.3 Å². The van der Waals surface area contributed by atoms with Crippen molar-refractivity contribution in [2.75, 3.05) is 11.9 Å². The molecule has 0 aliphatic rings. The SMILES string of the molecule is CCCCCCNc1cc(C)ccc1C#N. The second kappa shape index (κ2) is 6.90. The summed E-state index contributed by atoms with van der Waals surface area (Å²) in [5.41, 5.74) is 2.90. The molecule has 1 rings (SSSR count). The van der Waals surface area contributed by atoms with Crippen LogP contribution in [0.25, 0.3) is 0 Å². The summed E-state index contributed by atoms with van der Waals surface area (Å²) in [5.74, 6) is 0. The fraction of sp³-hybridized carbons (Fsp3) is 0.500. The van der Waals surface area contributed by atoms with Crippen molar-refractivity contribution in [3.8, 4) is 6.07 Å². The minimum Gasteiger partial charge on any atom is -0.384 e. The molecule has 2 nitrogen and oxygen atoms in total. The van der Waals surface area contributed by atoms with Crippen molar-refractivity contribution in [3.05, 3.63) is 29.3 Å². The van der Waals surface area contributed by atoms with Crippen LogP contribution in [-0.2, 0) is 0 Å². The fourth-order valence-electron chi connectivity index (χ4n) is 1.68. The van der Waals surface area contributed by atoms with Gasteiger partial charge in [0.25, 0.3) is 0 Å². The lowest BCUT2D eigenvalue weighted by Crippen LogP contribution is -2.03. The van der Waals surface area contributed by atoms with E-state index in [1.54, 1.807) is 0 Å². The third kappa shape index (κ3) is 3.94. The van der Waals surface area contributed by atoms with Crippen molar-refractivity contribution in [1.82, 2.24) is 0 Å². The van der Waals surface area contributed by atoms with Gasteiger partial charge >= 0.3 is 0 Å². The number of benzene rings is 1. The van der Waals surface area contributed by atoms with Crippen LogP contribution in [0.2, 0.25) is 0 Å². The van der Waals surface area contributed by atoms with E-state index in [4.69, 9.17) is 5.26 Å². The first kappa shape index (κ1) is 12.6. The number of hydrogen-bond donors (Lipinski definition) is 1. The van der Waals surface area contributed by atoms with E-state index in [1.165, 1.54) is 31.2 Å². The molecular formula is C14H20N2. The Morgan fingerprint density at radius 3 is 2.75 bits per heavy atom. The van der Waals surface area contributed by atoms with Gasteiger partial charge in [0.2, 0.25) is 0 Å². The Hall–Kier alpha value is -1.49. The van der Waals surface area contributed by atoms with Crippen LogP contribution in [0.4, 0.5) is 5.69 Å². The summed E-state index contributed by atoms with van der Waals surface area (Å²) in [7, 11) is 0. The van der Waals surface area contributed by atoms with E-state index in [9.17, 15) is 0 Å². The predicted octanol–water partition coefficient (Wildman–Crippen LogP) is 3.86. The van der Waals surface area contributed by atoms with Crippen LogP contribution in [-0.4, -0.2) is 6.54 Å². The number of nitrogens with zero attached hydrogens (tertiary/aromatic N) is 1. The summed E-state index contributed by atoms with van der Waals surface area (Å²) >= 11 is 0. The lowest BCUT2D eigenvalue weighted by Gasteiger charge is -2.08. The second-order valence-corrected chi connectivity index (χ2v) is 4.15. The van der Waals surface area contributed by atoms with Gasteiger partial charge < -0.3 is 5.32 Å². The van der Waals surface area contributed by atoms with Gasteiger partial charge in [-0.2, -0.15) is 5.26 Å². The number of anilines is 1.